The van der Waals surface area contributed by atoms with Crippen LogP contribution in [0.1, 0.15) is 13.8 Å². The van der Waals surface area contributed by atoms with Crippen LogP contribution >= 0.6 is 22.6 Å². The van der Waals surface area contributed by atoms with Gasteiger partial charge in [0, 0.05) is 41.7 Å². The predicted molar refractivity (Wildman–Crippen MR) is 53.1 cm³/mol. The number of carbonyl (C=O) groups excluding carboxylic acids is 1. The third-order valence-electron chi connectivity index (χ3n) is 1.24. The van der Waals surface area contributed by atoms with Gasteiger partial charge < -0.3 is 10.1 Å². The topological polar surface area (TPSA) is 38.3 Å². The second-order valence-electron chi connectivity index (χ2n) is 3.22. The minimum Gasteiger partial charge on any atom is -0.384 e. The van der Waals surface area contributed by atoms with Crippen molar-refractivity contribution in [1.82, 2.24) is 5.32 Å². The van der Waals surface area contributed by atoms with Gasteiger partial charge in [0.25, 0.3) is 3.91 Å². The Morgan fingerprint density at radius 2 is 2.18 bits per heavy atom. The number of rotatable bonds is 4. The van der Waals surface area contributed by atoms with Crippen molar-refractivity contribution >= 4 is 26.5 Å². The molecule has 0 atom stereocenters. The quantitative estimate of drug-likeness (QED) is 0.481. The molecule has 0 aliphatic rings. The summed E-state index contributed by atoms with van der Waals surface area (Å²) in [5.74, 6) is 0. The van der Waals surface area contributed by atoms with Gasteiger partial charge in [-0.15, -0.1) is 0 Å². The summed E-state index contributed by atoms with van der Waals surface area (Å²) in [6, 6.07) is 0. The maximum atomic E-state index is 10.5. The minimum absolute atomic E-state index is 0.0215. The van der Waals surface area contributed by atoms with Crippen molar-refractivity contribution in [3.05, 3.63) is 0 Å². The Kier molecular flexibility index (Phi) is 4.99. The Morgan fingerprint density at radius 1 is 1.64 bits per heavy atom. The van der Waals surface area contributed by atoms with E-state index in [1.54, 1.807) is 29.7 Å². The third-order valence-corrected chi connectivity index (χ3v) is 1.62. The van der Waals surface area contributed by atoms with Crippen LogP contribution in [-0.2, 0) is 4.74 Å². The normalized spacial score (nSPS) is 11.3. The Labute approximate surface area is 81.0 Å². The molecule has 66 valence electrons. The molecule has 0 saturated carbocycles. The number of ether oxygens (including phenoxy) is 1. The van der Waals surface area contributed by atoms with E-state index < -0.39 is 0 Å². The molecule has 0 fully saturated rings. The van der Waals surface area contributed by atoms with E-state index in [-0.39, 0.29) is 9.33 Å². The number of carbonyl (C=O) groups is 1. The van der Waals surface area contributed by atoms with E-state index in [1.807, 2.05) is 13.8 Å². The van der Waals surface area contributed by atoms with Gasteiger partial charge in [-0.25, -0.2) is 0 Å². The average molecular weight is 271 g/mol. The maximum Gasteiger partial charge on any atom is 0.280 e. The van der Waals surface area contributed by atoms with E-state index in [0.717, 1.165) is 0 Å². The molecule has 0 rings (SSSR count). The summed E-state index contributed by atoms with van der Waals surface area (Å²) in [4.78, 5) is 10.5. The smallest absolute Gasteiger partial charge is 0.280 e. The van der Waals surface area contributed by atoms with Crippen LogP contribution in [0.4, 0.5) is 4.79 Å². The molecule has 4 heteroatoms. The minimum atomic E-state index is -0.0215. The van der Waals surface area contributed by atoms with Gasteiger partial charge in [-0.3, -0.25) is 4.79 Å². The van der Waals surface area contributed by atoms with Crippen molar-refractivity contribution in [1.29, 1.82) is 0 Å². The van der Waals surface area contributed by atoms with E-state index in [9.17, 15) is 4.79 Å². The average Bonchev–Trinajstić information content (AvgIpc) is 1.84. The molecule has 0 aliphatic heterocycles. The van der Waals surface area contributed by atoms with Crippen LogP contribution in [0.5, 0.6) is 0 Å². The lowest BCUT2D eigenvalue weighted by molar-refractivity contribution is 0.106. The molecule has 1 amide bonds. The number of hydrogen-bond acceptors (Lipinski definition) is 2. The van der Waals surface area contributed by atoms with Gasteiger partial charge >= 0.3 is 0 Å². The fourth-order valence-corrected chi connectivity index (χ4v) is 0.941. The number of hydrogen-bond donors (Lipinski definition) is 1. The fourth-order valence-electron chi connectivity index (χ4n) is 0.751. The first-order valence-corrected chi connectivity index (χ1v) is 4.48. The number of nitrogens with one attached hydrogen (secondary N) is 1. The van der Waals surface area contributed by atoms with E-state index in [2.05, 4.69) is 5.32 Å². The van der Waals surface area contributed by atoms with Gasteiger partial charge in [-0.05, 0) is 0 Å². The predicted octanol–water partition coefficient (Wildman–Crippen LogP) is 1.80. The second-order valence-corrected chi connectivity index (χ2v) is 4.20. The molecule has 0 unspecified atom stereocenters. The highest BCUT2D eigenvalue weighted by Crippen LogP contribution is 2.13. The van der Waals surface area contributed by atoms with Gasteiger partial charge in [-0.1, -0.05) is 13.8 Å². The van der Waals surface area contributed by atoms with Crippen molar-refractivity contribution in [3.63, 3.8) is 0 Å². The van der Waals surface area contributed by atoms with Crippen molar-refractivity contribution in [2.24, 2.45) is 5.41 Å². The largest absolute Gasteiger partial charge is 0.384 e. The highest BCUT2D eigenvalue weighted by molar-refractivity contribution is 14.1. The number of methoxy groups -OCH3 is 1. The molecular formula is C7H14INO2. The zero-order chi connectivity index (χ0) is 8.91. The summed E-state index contributed by atoms with van der Waals surface area (Å²) in [6.07, 6.45) is 0. The molecule has 0 aromatic carbocycles. The van der Waals surface area contributed by atoms with Gasteiger partial charge in [0.2, 0.25) is 0 Å². The zero-order valence-electron chi connectivity index (χ0n) is 7.11. The molecule has 0 aromatic heterocycles. The zero-order valence-corrected chi connectivity index (χ0v) is 9.27. The molecule has 0 radical (unpaired) electrons. The maximum absolute atomic E-state index is 10.5. The molecule has 0 saturated heterocycles. The molecule has 0 bridgehead atoms. The molecule has 0 aliphatic carbocycles. The van der Waals surface area contributed by atoms with Crippen molar-refractivity contribution < 1.29 is 9.53 Å². The summed E-state index contributed by atoms with van der Waals surface area (Å²) >= 11 is 1.72. The Hall–Kier alpha value is 0.160. The monoisotopic (exact) mass is 271 g/mol. The van der Waals surface area contributed by atoms with E-state index in [4.69, 9.17) is 4.74 Å². The summed E-state index contributed by atoms with van der Waals surface area (Å²) in [7, 11) is 1.66. The summed E-state index contributed by atoms with van der Waals surface area (Å²) < 4.78 is 4.96. The summed E-state index contributed by atoms with van der Waals surface area (Å²) in [5.41, 5.74) is 0.0234. The van der Waals surface area contributed by atoms with Gasteiger partial charge in [0.15, 0.2) is 0 Å². The second kappa shape index (κ2) is 4.92. The van der Waals surface area contributed by atoms with E-state index in [0.29, 0.717) is 13.2 Å². The molecule has 0 heterocycles. The lowest BCUT2D eigenvalue weighted by Crippen LogP contribution is -2.33. The molecule has 1 N–H and O–H groups in total. The number of halogens is 1. The van der Waals surface area contributed by atoms with Crippen molar-refractivity contribution in [3.8, 4) is 0 Å². The van der Waals surface area contributed by atoms with Crippen LogP contribution in [0.15, 0.2) is 0 Å². The van der Waals surface area contributed by atoms with Crippen LogP contribution in [0, 0.1) is 5.41 Å². The molecule has 3 nitrogen and oxygen atoms in total. The third kappa shape index (κ3) is 6.55. The standard InChI is InChI=1S/C7H14INO2/c1-7(2,5-11-3)4-9-6(8)10/h4-5H2,1-3H3,(H,9,10). The van der Waals surface area contributed by atoms with E-state index in [1.165, 1.54) is 0 Å². The SMILES string of the molecule is COCC(C)(C)CNC(=O)I. The van der Waals surface area contributed by atoms with Gasteiger partial charge in [0.1, 0.15) is 0 Å². The first-order valence-electron chi connectivity index (χ1n) is 3.40. The Morgan fingerprint density at radius 3 is 2.55 bits per heavy atom. The van der Waals surface area contributed by atoms with Crippen LogP contribution in [0.25, 0.3) is 0 Å². The fraction of sp³-hybridized carbons (Fsp3) is 0.857. The first kappa shape index (κ1) is 11.2. The molecule has 11 heavy (non-hydrogen) atoms. The van der Waals surface area contributed by atoms with Crippen molar-refractivity contribution in [2.45, 2.75) is 13.8 Å². The Bertz CT molecular complexity index is 136. The van der Waals surface area contributed by atoms with Crippen molar-refractivity contribution in [2.75, 3.05) is 20.3 Å². The first-order chi connectivity index (χ1) is 4.98. The lowest BCUT2D eigenvalue weighted by atomic mass is 9.95. The highest BCUT2D eigenvalue weighted by atomic mass is 127. The highest BCUT2D eigenvalue weighted by Gasteiger charge is 2.17. The summed E-state index contributed by atoms with van der Waals surface area (Å²) in [6.45, 7) is 5.40. The number of amides is 1. The van der Waals surface area contributed by atoms with Gasteiger partial charge in [0.05, 0.1) is 6.61 Å². The van der Waals surface area contributed by atoms with Crippen LogP contribution in [-0.4, -0.2) is 24.2 Å². The van der Waals surface area contributed by atoms with Crippen LogP contribution < -0.4 is 5.32 Å². The lowest BCUT2D eigenvalue weighted by Gasteiger charge is -2.22. The molecular weight excluding hydrogens is 257 g/mol. The van der Waals surface area contributed by atoms with E-state index >= 15 is 0 Å². The molecule has 0 aromatic rings. The summed E-state index contributed by atoms with van der Waals surface area (Å²) in [5, 5.41) is 2.74. The molecule has 0 spiro atoms. The van der Waals surface area contributed by atoms with Gasteiger partial charge in [-0.2, -0.15) is 0 Å². The van der Waals surface area contributed by atoms with Crippen LogP contribution in [0.2, 0.25) is 0 Å². The van der Waals surface area contributed by atoms with Crippen LogP contribution in [0.3, 0.4) is 0 Å². The Balaban J connectivity index is 3.63.